The molecule has 19 heavy (non-hydrogen) atoms. The van der Waals surface area contributed by atoms with Gasteiger partial charge < -0.3 is 10.6 Å². The van der Waals surface area contributed by atoms with Crippen LogP contribution in [0.4, 0.5) is 5.69 Å². The van der Waals surface area contributed by atoms with E-state index in [4.69, 9.17) is 11.6 Å². The number of hydrogen-bond donors (Lipinski definition) is 2. The van der Waals surface area contributed by atoms with Crippen molar-refractivity contribution in [2.75, 3.05) is 5.32 Å². The Labute approximate surface area is 115 Å². The molecule has 5 heteroatoms. The molecule has 0 atom stereocenters. The van der Waals surface area contributed by atoms with Gasteiger partial charge in [0.2, 0.25) is 0 Å². The maximum atomic E-state index is 12.1. The topological polar surface area (TPSA) is 54.0 Å². The van der Waals surface area contributed by atoms with Gasteiger partial charge in [0.25, 0.3) is 5.91 Å². The summed E-state index contributed by atoms with van der Waals surface area (Å²) in [5.74, 6) is -0.176. The molecule has 0 aliphatic carbocycles. The van der Waals surface area contributed by atoms with Gasteiger partial charge >= 0.3 is 0 Å². The van der Waals surface area contributed by atoms with Crippen LogP contribution in [0.1, 0.15) is 21.5 Å². The van der Waals surface area contributed by atoms with Crippen molar-refractivity contribution in [2.45, 2.75) is 13.1 Å². The van der Waals surface area contributed by atoms with Crippen LogP contribution in [-0.2, 0) is 13.1 Å². The minimum atomic E-state index is -0.176. The second kappa shape index (κ2) is 4.99. The van der Waals surface area contributed by atoms with Crippen LogP contribution in [0.2, 0.25) is 5.15 Å². The first-order valence-corrected chi connectivity index (χ1v) is 6.36. The average molecular weight is 274 g/mol. The van der Waals surface area contributed by atoms with Crippen molar-refractivity contribution in [1.82, 2.24) is 10.3 Å². The first kappa shape index (κ1) is 12.1. The molecule has 0 radical (unpaired) electrons. The van der Waals surface area contributed by atoms with E-state index in [1.165, 1.54) is 11.1 Å². The van der Waals surface area contributed by atoms with Gasteiger partial charge in [-0.25, -0.2) is 4.98 Å². The van der Waals surface area contributed by atoms with E-state index in [2.05, 4.69) is 15.6 Å². The minimum Gasteiger partial charge on any atom is -0.319 e. The van der Waals surface area contributed by atoms with Gasteiger partial charge in [0.1, 0.15) is 0 Å². The van der Waals surface area contributed by atoms with Gasteiger partial charge in [0.15, 0.2) is 5.15 Å². The zero-order chi connectivity index (χ0) is 13.2. The molecular weight excluding hydrogens is 262 g/mol. The van der Waals surface area contributed by atoms with Gasteiger partial charge in [-0.3, -0.25) is 4.79 Å². The van der Waals surface area contributed by atoms with E-state index in [9.17, 15) is 4.79 Å². The molecule has 0 spiro atoms. The van der Waals surface area contributed by atoms with E-state index in [-0.39, 0.29) is 5.91 Å². The Morgan fingerprint density at radius 1 is 1.26 bits per heavy atom. The van der Waals surface area contributed by atoms with Crippen LogP contribution in [0, 0.1) is 0 Å². The van der Waals surface area contributed by atoms with E-state index in [0.29, 0.717) is 16.4 Å². The monoisotopic (exact) mass is 273 g/mol. The standard InChI is InChI=1S/C14H12ClN3O/c15-13-12(2-1-5-17-13)18-14(19)9-3-4-10-7-16-8-11(10)6-9/h1-6,16H,7-8H2,(H,18,19). The lowest BCUT2D eigenvalue weighted by atomic mass is 10.1. The van der Waals surface area contributed by atoms with Gasteiger partial charge in [0, 0.05) is 24.8 Å². The third-order valence-electron chi connectivity index (χ3n) is 3.11. The number of halogens is 1. The Bertz CT molecular complexity index is 642. The number of fused-ring (bicyclic) bond motifs is 1. The van der Waals surface area contributed by atoms with Crippen LogP contribution in [0.3, 0.4) is 0 Å². The predicted octanol–water partition coefficient (Wildman–Crippen LogP) is 2.59. The second-order valence-corrected chi connectivity index (χ2v) is 4.74. The summed E-state index contributed by atoms with van der Waals surface area (Å²) in [6, 6.07) is 9.17. The largest absolute Gasteiger partial charge is 0.319 e. The molecule has 0 fully saturated rings. The average Bonchev–Trinajstić information content (AvgIpc) is 2.88. The number of nitrogens with zero attached hydrogens (tertiary/aromatic N) is 1. The van der Waals surface area contributed by atoms with Crippen molar-refractivity contribution in [3.05, 3.63) is 58.4 Å². The third kappa shape index (κ3) is 2.45. The van der Waals surface area contributed by atoms with Gasteiger partial charge in [0.05, 0.1) is 5.69 Å². The van der Waals surface area contributed by atoms with Crippen molar-refractivity contribution < 1.29 is 4.79 Å². The molecular formula is C14H12ClN3O. The molecule has 1 aromatic heterocycles. The maximum absolute atomic E-state index is 12.1. The fraction of sp³-hybridized carbons (Fsp3) is 0.143. The number of pyridine rings is 1. The van der Waals surface area contributed by atoms with E-state index >= 15 is 0 Å². The number of carbonyl (C=O) groups excluding carboxylic acids is 1. The van der Waals surface area contributed by atoms with Gasteiger partial charge in [-0.05, 0) is 35.4 Å². The number of benzene rings is 1. The van der Waals surface area contributed by atoms with Gasteiger partial charge in [-0.15, -0.1) is 0 Å². The molecule has 2 heterocycles. The van der Waals surface area contributed by atoms with Crippen LogP contribution in [0.5, 0.6) is 0 Å². The second-order valence-electron chi connectivity index (χ2n) is 4.38. The number of amides is 1. The van der Waals surface area contributed by atoms with Crippen LogP contribution < -0.4 is 10.6 Å². The summed E-state index contributed by atoms with van der Waals surface area (Å²) in [7, 11) is 0. The van der Waals surface area contributed by atoms with Crippen molar-refractivity contribution in [2.24, 2.45) is 0 Å². The van der Waals surface area contributed by atoms with E-state index in [0.717, 1.165) is 13.1 Å². The highest BCUT2D eigenvalue weighted by Crippen LogP contribution is 2.20. The first-order valence-electron chi connectivity index (χ1n) is 5.98. The molecule has 1 aliphatic rings. The van der Waals surface area contributed by atoms with Crippen LogP contribution in [0.15, 0.2) is 36.5 Å². The van der Waals surface area contributed by atoms with Crippen molar-refractivity contribution in [3.63, 3.8) is 0 Å². The highest BCUT2D eigenvalue weighted by molar-refractivity contribution is 6.32. The Morgan fingerprint density at radius 3 is 2.95 bits per heavy atom. The molecule has 0 bridgehead atoms. The smallest absolute Gasteiger partial charge is 0.255 e. The molecule has 0 unspecified atom stereocenters. The lowest BCUT2D eigenvalue weighted by Crippen LogP contribution is -2.12. The predicted molar refractivity (Wildman–Crippen MR) is 74.2 cm³/mol. The minimum absolute atomic E-state index is 0.176. The summed E-state index contributed by atoms with van der Waals surface area (Å²) >= 11 is 5.91. The summed E-state index contributed by atoms with van der Waals surface area (Å²) in [5.41, 5.74) is 3.57. The van der Waals surface area contributed by atoms with E-state index < -0.39 is 0 Å². The summed E-state index contributed by atoms with van der Waals surface area (Å²) in [5, 5.41) is 6.30. The highest BCUT2D eigenvalue weighted by atomic mass is 35.5. The van der Waals surface area contributed by atoms with Crippen LogP contribution in [0.25, 0.3) is 0 Å². The molecule has 3 rings (SSSR count). The molecule has 4 nitrogen and oxygen atoms in total. The van der Waals surface area contributed by atoms with Gasteiger partial charge in [-0.1, -0.05) is 17.7 Å². The lowest BCUT2D eigenvalue weighted by molar-refractivity contribution is 0.102. The number of aromatic nitrogens is 1. The summed E-state index contributed by atoms with van der Waals surface area (Å²) in [6.07, 6.45) is 1.58. The summed E-state index contributed by atoms with van der Waals surface area (Å²) in [4.78, 5) is 16.1. The Morgan fingerprint density at radius 2 is 2.11 bits per heavy atom. The lowest BCUT2D eigenvalue weighted by Gasteiger charge is -2.07. The number of hydrogen-bond acceptors (Lipinski definition) is 3. The van der Waals surface area contributed by atoms with E-state index in [1.807, 2.05) is 18.2 Å². The Hall–Kier alpha value is -1.91. The normalized spacial score (nSPS) is 13.1. The maximum Gasteiger partial charge on any atom is 0.255 e. The summed E-state index contributed by atoms with van der Waals surface area (Å²) < 4.78 is 0. The zero-order valence-electron chi connectivity index (χ0n) is 10.1. The van der Waals surface area contributed by atoms with E-state index in [1.54, 1.807) is 18.3 Å². The Kier molecular flexibility index (Phi) is 3.19. The van der Waals surface area contributed by atoms with Crippen LogP contribution >= 0.6 is 11.6 Å². The molecule has 2 N–H and O–H groups in total. The number of anilines is 1. The number of nitrogens with one attached hydrogen (secondary N) is 2. The first-order chi connectivity index (χ1) is 9.24. The molecule has 96 valence electrons. The highest BCUT2D eigenvalue weighted by Gasteiger charge is 2.14. The molecule has 0 saturated heterocycles. The quantitative estimate of drug-likeness (QED) is 0.827. The van der Waals surface area contributed by atoms with Crippen molar-refractivity contribution in [1.29, 1.82) is 0 Å². The molecule has 2 aromatic rings. The zero-order valence-corrected chi connectivity index (χ0v) is 10.9. The van der Waals surface area contributed by atoms with Crippen molar-refractivity contribution in [3.8, 4) is 0 Å². The molecule has 1 amide bonds. The van der Waals surface area contributed by atoms with Crippen molar-refractivity contribution >= 4 is 23.2 Å². The summed E-state index contributed by atoms with van der Waals surface area (Å²) in [6.45, 7) is 1.68. The molecule has 1 aliphatic heterocycles. The SMILES string of the molecule is O=C(Nc1cccnc1Cl)c1ccc2c(c1)CNC2. The van der Waals surface area contributed by atoms with Crippen LogP contribution in [-0.4, -0.2) is 10.9 Å². The van der Waals surface area contributed by atoms with Gasteiger partial charge in [-0.2, -0.15) is 0 Å². The molecule has 1 aromatic carbocycles. The fourth-order valence-corrected chi connectivity index (χ4v) is 2.28. The third-order valence-corrected chi connectivity index (χ3v) is 3.41. The Balaban J connectivity index is 1.83. The number of rotatable bonds is 2. The molecule has 0 saturated carbocycles. The fourth-order valence-electron chi connectivity index (χ4n) is 2.11. The number of carbonyl (C=O) groups is 1.